The Bertz CT molecular complexity index is 616. The monoisotopic (exact) mass is 264 g/mol. The van der Waals surface area contributed by atoms with Gasteiger partial charge in [-0.25, -0.2) is 9.97 Å². The van der Waals surface area contributed by atoms with Crippen molar-refractivity contribution >= 4 is 0 Å². The predicted octanol–water partition coefficient (Wildman–Crippen LogP) is 4.06. The Kier molecular flexibility index (Phi) is 3.55. The van der Waals surface area contributed by atoms with Gasteiger partial charge in [0.1, 0.15) is 23.6 Å². The molecule has 0 radical (unpaired) electrons. The average Bonchev–Trinajstić information content (AvgIpc) is 2.50. The number of hydrogen-bond donors (Lipinski definition) is 0. The minimum Gasteiger partial charge on any atom is -0.457 e. The molecule has 3 aromatic rings. The molecule has 0 aliphatic carbocycles. The van der Waals surface area contributed by atoms with Crippen LogP contribution in [0.3, 0.4) is 0 Å². The van der Waals surface area contributed by atoms with Gasteiger partial charge in [0.15, 0.2) is 0 Å². The molecule has 0 atom stereocenters. The van der Waals surface area contributed by atoms with Crippen molar-refractivity contribution in [1.82, 2.24) is 9.97 Å². The van der Waals surface area contributed by atoms with Crippen LogP contribution in [0.25, 0.3) is 0 Å². The number of nitrogens with zero attached hydrogens (tertiary/aromatic N) is 2. The zero-order valence-electron chi connectivity index (χ0n) is 10.6. The third-order valence-electron chi connectivity index (χ3n) is 2.56. The van der Waals surface area contributed by atoms with Gasteiger partial charge in [-0.1, -0.05) is 24.3 Å². The minimum absolute atomic E-state index is 0.497. The number of aromatic nitrogens is 2. The van der Waals surface area contributed by atoms with E-state index in [9.17, 15) is 0 Å². The second-order valence-corrected chi connectivity index (χ2v) is 4.04. The molecule has 1 heterocycles. The van der Waals surface area contributed by atoms with Gasteiger partial charge in [-0.15, -0.1) is 0 Å². The summed E-state index contributed by atoms with van der Waals surface area (Å²) in [5, 5.41) is 0. The van der Waals surface area contributed by atoms with Gasteiger partial charge in [0.05, 0.1) is 0 Å². The molecular weight excluding hydrogens is 252 g/mol. The van der Waals surface area contributed by atoms with Crippen molar-refractivity contribution < 1.29 is 9.47 Å². The fraction of sp³-hybridized carbons (Fsp3) is 0. The molecule has 0 N–H and O–H groups in total. The molecule has 0 unspecified atom stereocenters. The highest BCUT2D eigenvalue weighted by Gasteiger charge is 2.01. The summed E-state index contributed by atoms with van der Waals surface area (Å²) in [6.45, 7) is 0. The van der Waals surface area contributed by atoms with Crippen LogP contribution in [0.5, 0.6) is 23.1 Å². The normalized spacial score (nSPS) is 10.0. The van der Waals surface area contributed by atoms with Crippen molar-refractivity contribution in [3.8, 4) is 23.1 Å². The van der Waals surface area contributed by atoms with E-state index >= 15 is 0 Å². The maximum atomic E-state index is 5.74. The van der Waals surface area contributed by atoms with Crippen LogP contribution in [0.4, 0.5) is 0 Å². The Labute approximate surface area is 116 Å². The first-order valence-corrected chi connectivity index (χ1v) is 6.17. The van der Waals surface area contributed by atoms with Gasteiger partial charge in [0.25, 0.3) is 0 Å². The SMILES string of the molecule is c1ccc(Oc2cccc(Oc3ccncn3)c2)cc1. The van der Waals surface area contributed by atoms with E-state index < -0.39 is 0 Å². The van der Waals surface area contributed by atoms with Crippen LogP contribution in [0, 0.1) is 0 Å². The smallest absolute Gasteiger partial charge is 0.222 e. The Hall–Kier alpha value is -2.88. The van der Waals surface area contributed by atoms with Crippen molar-refractivity contribution in [2.45, 2.75) is 0 Å². The zero-order chi connectivity index (χ0) is 13.6. The summed E-state index contributed by atoms with van der Waals surface area (Å²) in [5.74, 6) is 2.66. The second-order valence-electron chi connectivity index (χ2n) is 4.04. The van der Waals surface area contributed by atoms with E-state index in [0.29, 0.717) is 17.4 Å². The van der Waals surface area contributed by atoms with Crippen molar-refractivity contribution in [2.75, 3.05) is 0 Å². The van der Waals surface area contributed by atoms with Gasteiger partial charge >= 0.3 is 0 Å². The molecule has 0 saturated heterocycles. The molecule has 98 valence electrons. The molecule has 4 heteroatoms. The van der Waals surface area contributed by atoms with Crippen LogP contribution in [0.15, 0.2) is 73.2 Å². The summed E-state index contributed by atoms with van der Waals surface area (Å²) >= 11 is 0. The highest BCUT2D eigenvalue weighted by atomic mass is 16.5. The molecule has 1 aromatic heterocycles. The van der Waals surface area contributed by atoms with Gasteiger partial charge in [-0.2, -0.15) is 0 Å². The highest BCUT2D eigenvalue weighted by Crippen LogP contribution is 2.27. The minimum atomic E-state index is 0.497. The quantitative estimate of drug-likeness (QED) is 0.712. The maximum absolute atomic E-state index is 5.74. The van der Waals surface area contributed by atoms with E-state index in [0.717, 1.165) is 5.75 Å². The largest absolute Gasteiger partial charge is 0.457 e. The summed E-state index contributed by atoms with van der Waals surface area (Å²) in [5.41, 5.74) is 0. The fourth-order valence-electron chi connectivity index (χ4n) is 1.69. The van der Waals surface area contributed by atoms with Crippen LogP contribution in [0.1, 0.15) is 0 Å². The van der Waals surface area contributed by atoms with Crippen molar-refractivity contribution in [1.29, 1.82) is 0 Å². The molecule has 0 amide bonds. The Balaban J connectivity index is 1.76. The molecule has 0 saturated carbocycles. The molecule has 0 spiro atoms. The van der Waals surface area contributed by atoms with E-state index in [-0.39, 0.29) is 0 Å². The fourth-order valence-corrected chi connectivity index (χ4v) is 1.69. The number of ether oxygens (including phenoxy) is 2. The number of hydrogen-bond acceptors (Lipinski definition) is 4. The maximum Gasteiger partial charge on any atom is 0.222 e. The van der Waals surface area contributed by atoms with Crippen molar-refractivity contribution in [2.24, 2.45) is 0 Å². The molecule has 0 fully saturated rings. The summed E-state index contributed by atoms with van der Waals surface area (Å²) < 4.78 is 11.4. The summed E-state index contributed by atoms with van der Waals surface area (Å²) in [7, 11) is 0. The molecule has 0 aliphatic heterocycles. The van der Waals surface area contributed by atoms with Gasteiger partial charge in [-0.05, 0) is 24.3 Å². The molecule has 2 aromatic carbocycles. The van der Waals surface area contributed by atoms with Gasteiger partial charge in [-0.3, -0.25) is 0 Å². The van der Waals surface area contributed by atoms with Gasteiger partial charge in [0.2, 0.25) is 5.88 Å². The van der Waals surface area contributed by atoms with Crippen LogP contribution in [-0.2, 0) is 0 Å². The highest BCUT2D eigenvalue weighted by molar-refractivity contribution is 5.38. The average molecular weight is 264 g/mol. The van der Waals surface area contributed by atoms with Crippen LogP contribution in [-0.4, -0.2) is 9.97 Å². The standard InChI is InChI=1S/C16H12N2O2/c1-2-5-13(6-3-1)19-14-7-4-8-15(11-14)20-16-9-10-17-12-18-16/h1-12H. The van der Waals surface area contributed by atoms with E-state index in [4.69, 9.17) is 9.47 Å². The van der Waals surface area contributed by atoms with Gasteiger partial charge in [0, 0.05) is 18.3 Å². The number of para-hydroxylation sites is 1. The zero-order valence-corrected chi connectivity index (χ0v) is 10.6. The first-order chi connectivity index (χ1) is 9.90. The van der Waals surface area contributed by atoms with E-state index in [1.807, 2.05) is 54.6 Å². The first kappa shape index (κ1) is 12.2. The molecule has 4 nitrogen and oxygen atoms in total. The molecule has 0 aliphatic rings. The van der Waals surface area contributed by atoms with Crippen LogP contribution >= 0.6 is 0 Å². The first-order valence-electron chi connectivity index (χ1n) is 6.17. The second kappa shape index (κ2) is 5.84. The van der Waals surface area contributed by atoms with Crippen molar-refractivity contribution in [3.05, 3.63) is 73.2 Å². The Morgan fingerprint density at radius 2 is 1.45 bits per heavy atom. The summed E-state index contributed by atoms with van der Waals surface area (Å²) in [4.78, 5) is 7.86. The lowest BCUT2D eigenvalue weighted by Crippen LogP contribution is -1.89. The molecule has 20 heavy (non-hydrogen) atoms. The molecule has 3 rings (SSSR count). The van der Waals surface area contributed by atoms with E-state index in [1.165, 1.54) is 6.33 Å². The third-order valence-corrected chi connectivity index (χ3v) is 2.56. The molecule has 0 bridgehead atoms. The van der Waals surface area contributed by atoms with Gasteiger partial charge < -0.3 is 9.47 Å². The molecular formula is C16H12N2O2. The predicted molar refractivity (Wildman–Crippen MR) is 75.1 cm³/mol. The number of benzene rings is 2. The van der Waals surface area contributed by atoms with E-state index in [1.54, 1.807) is 12.3 Å². The van der Waals surface area contributed by atoms with Crippen molar-refractivity contribution in [3.63, 3.8) is 0 Å². The van der Waals surface area contributed by atoms with E-state index in [2.05, 4.69) is 9.97 Å². The lowest BCUT2D eigenvalue weighted by Gasteiger charge is -2.08. The summed E-state index contributed by atoms with van der Waals surface area (Å²) in [6.07, 6.45) is 3.08. The Morgan fingerprint density at radius 3 is 2.20 bits per heavy atom. The topological polar surface area (TPSA) is 44.2 Å². The third kappa shape index (κ3) is 3.11. The summed E-state index contributed by atoms with van der Waals surface area (Å²) in [6, 6.07) is 18.7. The lowest BCUT2D eigenvalue weighted by atomic mass is 10.3. The Morgan fingerprint density at radius 1 is 0.700 bits per heavy atom. The number of rotatable bonds is 4. The van der Waals surface area contributed by atoms with Crippen LogP contribution < -0.4 is 9.47 Å². The van der Waals surface area contributed by atoms with Crippen LogP contribution in [0.2, 0.25) is 0 Å². The lowest BCUT2D eigenvalue weighted by molar-refractivity contribution is 0.448.